The average molecular weight is 268 g/mol. The number of hydrogen-bond acceptors (Lipinski definition) is 2. The third kappa shape index (κ3) is 3.81. The van der Waals surface area contributed by atoms with Crippen LogP contribution in [0.3, 0.4) is 0 Å². The predicted octanol–water partition coefficient (Wildman–Crippen LogP) is 3.24. The molecule has 0 spiro atoms. The summed E-state index contributed by atoms with van der Waals surface area (Å²) in [5.74, 6) is -1.93. The average Bonchev–Trinajstić information content (AvgIpc) is 2.21. The van der Waals surface area contributed by atoms with Gasteiger partial charge in [-0.1, -0.05) is 11.6 Å². The van der Waals surface area contributed by atoms with E-state index in [0.717, 1.165) is 0 Å². The van der Waals surface area contributed by atoms with Crippen molar-refractivity contribution in [1.82, 2.24) is 0 Å². The van der Waals surface area contributed by atoms with Gasteiger partial charge in [-0.15, -0.1) is 0 Å². The number of carbonyl (C=O) groups excluding carboxylic acids is 1. The lowest BCUT2D eigenvalue weighted by Crippen LogP contribution is -2.30. The molecule has 0 heterocycles. The largest absolute Gasteiger partial charge is 0.492 e. The number of amides is 1. The molecule has 0 bridgehead atoms. The van der Waals surface area contributed by atoms with Crippen LogP contribution in [0.5, 0.6) is 5.75 Å². The van der Waals surface area contributed by atoms with E-state index in [1.165, 1.54) is 18.2 Å². The molecule has 0 saturated heterocycles. The first-order chi connectivity index (χ1) is 7.84. The number of benzene rings is 1. The highest BCUT2D eigenvalue weighted by atomic mass is 35.5. The van der Waals surface area contributed by atoms with Gasteiger partial charge < -0.3 is 10.1 Å². The minimum absolute atomic E-state index is 0.110. The van der Waals surface area contributed by atoms with E-state index in [2.05, 4.69) is 0 Å². The van der Waals surface area contributed by atoms with Crippen molar-refractivity contribution in [3.8, 4) is 5.75 Å². The molecule has 0 aliphatic heterocycles. The zero-order valence-corrected chi connectivity index (χ0v) is 9.52. The van der Waals surface area contributed by atoms with Gasteiger partial charge in [-0.2, -0.15) is 13.2 Å². The first-order valence-electron chi connectivity index (χ1n) is 4.65. The van der Waals surface area contributed by atoms with Crippen molar-refractivity contribution in [1.29, 1.82) is 0 Å². The zero-order valence-electron chi connectivity index (χ0n) is 8.77. The van der Waals surface area contributed by atoms with Gasteiger partial charge in [-0.25, -0.2) is 0 Å². The Morgan fingerprint density at radius 2 is 2.12 bits per heavy atom. The summed E-state index contributed by atoms with van der Waals surface area (Å²) in [6, 6.07) is 4.03. The summed E-state index contributed by atoms with van der Waals surface area (Å²) in [5.41, 5.74) is -0.110. The van der Waals surface area contributed by atoms with Crippen molar-refractivity contribution in [2.24, 2.45) is 0 Å². The highest BCUT2D eigenvalue weighted by molar-refractivity contribution is 6.31. The van der Waals surface area contributed by atoms with Crippen LogP contribution in [0, 0.1) is 0 Å². The minimum atomic E-state index is -4.95. The fourth-order valence-electron chi connectivity index (χ4n) is 1.07. The molecule has 0 unspecified atom stereocenters. The van der Waals surface area contributed by atoms with E-state index >= 15 is 0 Å². The Bertz CT molecular complexity index is 421. The number of ether oxygens (including phenoxy) is 1. The van der Waals surface area contributed by atoms with E-state index in [0.29, 0.717) is 0 Å². The molecule has 94 valence electrons. The summed E-state index contributed by atoms with van der Waals surface area (Å²) in [5, 5.41) is 1.90. The van der Waals surface area contributed by atoms with Crippen LogP contribution in [-0.2, 0) is 4.79 Å². The minimum Gasteiger partial charge on any atom is -0.492 e. The van der Waals surface area contributed by atoms with Crippen molar-refractivity contribution in [3.05, 3.63) is 23.2 Å². The number of alkyl halides is 3. The molecule has 1 N–H and O–H groups in total. The molecule has 1 amide bonds. The fourth-order valence-corrected chi connectivity index (χ4v) is 1.25. The molecule has 1 aromatic rings. The molecular weight excluding hydrogens is 259 g/mol. The van der Waals surface area contributed by atoms with Gasteiger partial charge in [0.2, 0.25) is 0 Å². The van der Waals surface area contributed by atoms with Crippen LogP contribution in [0.15, 0.2) is 18.2 Å². The smallest absolute Gasteiger partial charge is 0.471 e. The maximum atomic E-state index is 12.1. The van der Waals surface area contributed by atoms with Crippen molar-refractivity contribution >= 4 is 23.2 Å². The van der Waals surface area contributed by atoms with Crippen molar-refractivity contribution < 1.29 is 22.7 Å². The van der Waals surface area contributed by atoms with E-state index in [-0.39, 0.29) is 23.1 Å². The van der Waals surface area contributed by atoms with Gasteiger partial charge >= 0.3 is 12.1 Å². The molecule has 0 aromatic heterocycles. The van der Waals surface area contributed by atoms with E-state index in [9.17, 15) is 18.0 Å². The summed E-state index contributed by atoms with van der Waals surface area (Å²) < 4.78 is 41.3. The number of anilines is 1. The van der Waals surface area contributed by atoms with E-state index in [1.54, 1.807) is 12.2 Å². The van der Waals surface area contributed by atoms with Gasteiger partial charge in [-0.05, 0) is 25.1 Å². The molecule has 0 aliphatic carbocycles. The number of carbonyl (C=O) groups is 1. The molecule has 0 atom stereocenters. The quantitative estimate of drug-likeness (QED) is 0.913. The van der Waals surface area contributed by atoms with Gasteiger partial charge in [0.05, 0.1) is 12.3 Å². The lowest BCUT2D eigenvalue weighted by atomic mass is 10.3. The number of rotatable bonds is 3. The molecule has 17 heavy (non-hydrogen) atoms. The number of halogens is 4. The van der Waals surface area contributed by atoms with Crippen LogP contribution in [-0.4, -0.2) is 18.7 Å². The second kappa shape index (κ2) is 5.27. The third-order valence-corrected chi connectivity index (χ3v) is 1.98. The van der Waals surface area contributed by atoms with E-state index in [4.69, 9.17) is 16.3 Å². The molecule has 3 nitrogen and oxygen atoms in total. The SMILES string of the molecule is CCOc1ccc(Cl)cc1NC(=O)C(F)(F)F. The lowest BCUT2D eigenvalue weighted by Gasteiger charge is -2.12. The van der Waals surface area contributed by atoms with E-state index in [1.807, 2.05) is 0 Å². The molecule has 0 fully saturated rings. The Kier molecular flexibility index (Phi) is 4.22. The summed E-state index contributed by atoms with van der Waals surface area (Å²) in [6.45, 7) is 1.93. The Balaban J connectivity index is 2.96. The standard InChI is InChI=1S/C10H9ClF3NO2/c1-2-17-8-4-3-6(11)5-7(8)15-9(16)10(12,13)14/h3-5H,2H2,1H3,(H,15,16). The second-order valence-electron chi connectivity index (χ2n) is 3.03. The molecule has 1 rings (SSSR count). The second-order valence-corrected chi connectivity index (χ2v) is 3.46. The van der Waals surface area contributed by atoms with Crippen molar-refractivity contribution in [2.45, 2.75) is 13.1 Å². The Labute approximate surface area is 101 Å². The Morgan fingerprint density at radius 3 is 2.65 bits per heavy atom. The topological polar surface area (TPSA) is 38.3 Å². The highest BCUT2D eigenvalue weighted by Gasteiger charge is 2.39. The number of nitrogens with one attached hydrogen (secondary N) is 1. The lowest BCUT2D eigenvalue weighted by molar-refractivity contribution is -0.167. The first kappa shape index (κ1) is 13.6. The van der Waals surface area contributed by atoms with Crippen LogP contribution >= 0.6 is 11.6 Å². The fraction of sp³-hybridized carbons (Fsp3) is 0.300. The normalized spacial score (nSPS) is 11.1. The van der Waals surface area contributed by atoms with Gasteiger partial charge in [0, 0.05) is 5.02 Å². The molecule has 0 saturated carbocycles. The van der Waals surface area contributed by atoms with Crippen LogP contribution in [0.1, 0.15) is 6.92 Å². The van der Waals surface area contributed by atoms with Gasteiger partial charge in [0.25, 0.3) is 0 Å². The monoisotopic (exact) mass is 267 g/mol. The van der Waals surface area contributed by atoms with Crippen molar-refractivity contribution in [3.63, 3.8) is 0 Å². The molecule has 0 aliphatic rings. The Morgan fingerprint density at radius 1 is 1.47 bits per heavy atom. The summed E-state index contributed by atoms with van der Waals surface area (Å²) in [4.78, 5) is 10.8. The van der Waals surface area contributed by atoms with Gasteiger partial charge in [0.1, 0.15) is 5.75 Å². The maximum absolute atomic E-state index is 12.1. The Hall–Kier alpha value is -1.43. The third-order valence-electron chi connectivity index (χ3n) is 1.75. The zero-order chi connectivity index (χ0) is 13.1. The van der Waals surface area contributed by atoms with Crippen LogP contribution < -0.4 is 10.1 Å². The molecule has 7 heteroatoms. The summed E-state index contributed by atoms with van der Waals surface area (Å²) in [6.07, 6.45) is -4.95. The number of hydrogen-bond donors (Lipinski definition) is 1. The summed E-state index contributed by atoms with van der Waals surface area (Å²) >= 11 is 5.63. The maximum Gasteiger partial charge on any atom is 0.471 e. The van der Waals surface area contributed by atoms with Crippen LogP contribution in [0.2, 0.25) is 5.02 Å². The van der Waals surface area contributed by atoms with Crippen LogP contribution in [0.4, 0.5) is 18.9 Å². The molecule has 0 radical (unpaired) electrons. The molecule has 1 aromatic carbocycles. The highest BCUT2D eigenvalue weighted by Crippen LogP contribution is 2.29. The first-order valence-corrected chi connectivity index (χ1v) is 5.03. The van der Waals surface area contributed by atoms with Crippen LogP contribution in [0.25, 0.3) is 0 Å². The van der Waals surface area contributed by atoms with E-state index < -0.39 is 12.1 Å². The predicted molar refractivity (Wildman–Crippen MR) is 57.3 cm³/mol. The van der Waals surface area contributed by atoms with Gasteiger partial charge in [0.15, 0.2) is 0 Å². The molecular formula is C10H9ClF3NO2. The summed E-state index contributed by atoms with van der Waals surface area (Å²) in [7, 11) is 0. The van der Waals surface area contributed by atoms with Crippen molar-refractivity contribution in [2.75, 3.05) is 11.9 Å². The van der Waals surface area contributed by atoms with Gasteiger partial charge in [-0.3, -0.25) is 4.79 Å².